The molecular weight excluding hydrogens is 414 g/mol. The van der Waals surface area contributed by atoms with Gasteiger partial charge in [0, 0.05) is 17.4 Å². The highest BCUT2D eigenvalue weighted by Gasteiger charge is 2.44. The lowest BCUT2D eigenvalue weighted by Crippen LogP contribution is -2.44. The Kier molecular flexibility index (Phi) is 5.91. The van der Waals surface area contributed by atoms with Gasteiger partial charge in [-0.15, -0.1) is 4.68 Å². The Hall–Kier alpha value is -2.26. The van der Waals surface area contributed by atoms with Crippen molar-refractivity contribution in [1.82, 2.24) is 14.8 Å². The molecule has 2 fully saturated rings. The van der Waals surface area contributed by atoms with Gasteiger partial charge in [0.2, 0.25) is 0 Å². The van der Waals surface area contributed by atoms with Crippen molar-refractivity contribution in [1.29, 1.82) is 0 Å². The highest BCUT2D eigenvalue weighted by atomic mass is 32.2. The fraction of sp³-hybridized carbons (Fsp3) is 0.591. The highest BCUT2D eigenvalue weighted by Crippen LogP contribution is 2.56. The molecule has 0 spiro atoms. The van der Waals surface area contributed by atoms with E-state index >= 15 is 0 Å². The molecule has 4 rings (SSSR count). The largest absolute Gasteiger partial charge is 0.442 e. The fourth-order valence-corrected chi connectivity index (χ4v) is 4.63. The Morgan fingerprint density at radius 1 is 1.35 bits per heavy atom. The van der Waals surface area contributed by atoms with Crippen molar-refractivity contribution in [3.05, 3.63) is 30.0 Å². The molecule has 168 valence electrons. The molecule has 0 amide bonds. The van der Waals surface area contributed by atoms with Gasteiger partial charge in [0.05, 0.1) is 25.5 Å². The van der Waals surface area contributed by atoms with Crippen LogP contribution in [0, 0.1) is 0 Å². The molecule has 1 saturated carbocycles. The highest BCUT2D eigenvalue weighted by molar-refractivity contribution is 7.99. The number of aromatic nitrogens is 3. The van der Waals surface area contributed by atoms with Gasteiger partial charge >= 0.3 is 6.09 Å². The molecule has 2 aliphatic rings. The molecule has 1 aliphatic heterocycles. The van der Waals surface area contributed by atoms with Gasteiger partial charge in [-0.2, -0.15) is 16.9 Å². The smallest absolute Gasteiger partial charge is 0.437 e. The first-order valence-electron chi connectivity index (χ1n) is 10.7. The number of carbonyl (C=O) groups is 1. The predicted octanol–water partition coefficient (Wildman–Crippen LogP) is 4.38. The van der Waals surface area contributed by atoms with E-state index < -0.39 is 11.7 Å². The quantitative estimate of drug-likeness (QED) is 0.726. The van der Waals surface area contributed by atoms with E-state index in [1.807, 2.05) is 32.5 Å². The topological polar surface area (TPSA) is 81.5 Å². The van der Waals surface area contributed by atoms with Crippen molar-refractivity contribution in [3.8, 4) is 0 Å². The maximum atomic E-state index is 12.6. The van der Waals surface area contributed by atoms with Crippen LogP contribution in [0.15, 0.2) is 24.4 Å². The van der Waals surface area contributed by atoms with Crippen LogP contribution in [0.2, 0.25) is 0 Å². The van der Waals surface area contributed by atoms with Crippen LogP contribution in [0.5, 0.6) is 0 Å². The van der Waals surface area contributed by atoms with Gasteiger partial charge in [0.25, 0.3) is 0 Å². The van der Waals surface area contributed by atoms with Gasteiger partial charge in [-0.1, -0.05) is 0 Å². The average Bonchev–Trinajstić information content (AvgIpc) is 3.38. The summed E-state index contributed by atoms with van der Waals surface area (Å²) in [5.74, 6) is 2.14. The molecule has 0 aromatic carbocycles. The first-order valence-corrected chi connectivity index (χ1v) is 11.9. The Morgan fingerprint density at radius 3 is 2.77 bits per heavy atom. The van der Waals surface area contributed by atoms with E-state index in [-0.39, 0.29) is 10.8 Å². The van der Waals surface area contributed by atoms with Crippen molar-refractivity contribution >= 4 is 35.3 Å². The second kappa shape index (κ2) is 8.35. The average molecular weight is 446 g/mol. The van der Waals surface area contributed by atoms with Crippen LogP contribution < -0.4 is 10.2 Å². The molecular formula is C22H31N5O3S. The molecule has 2 aromatic heterocycles. The monoisotopic (exact) mass is 445 g/mol. The third kappa shape index (κ3) is 4.82. The van der Waals surface area contributed by atoms with E-state index in [1.165, 1.54) is 10.2 Å². The molecule has 1 unspecified atom stereocenters. The van der Waals surface area contributed by atoms with E-state index in [9.17, 15) is 4.79 Å². The van der Waals surface area contributed by atoms with Crippen LogP contribution in [0.25, 0.3) is 0 Å². The maximum Gasteiger partial charge on any atom is 0.437 e. The minimum Gasteiger partial charge on any atom is -0.442 e. The number of hydrogen-bond acceptors (Lipinski definition) is 8. The zero-order chi connectivity index (χ0) is 22.2. The van der Waals surface area contributed by atoms with E-state index in [1.54, 1.807) is 12.3 Å². The van der Waals surface area contributed by atoms with Gasteiger partial charge in [-0.25, -0.2) is 9.78 Å². The number of anilines is 3. The van der Waals surface area contributed by atoms with Crippen LogP contribution >= 0.6 is 11.8 Å². The van der Waals surface area contributed by atoms with Crippen LogP contribution in [-0.4, -0.2) is 58.5 Å². The number of pyridine rings is 1. The molecule has 1 atom stereocenters. The number of nitrogens with one attached hydrogen (secondary N) is 1. The summed E-state index contributed by atoms with van der Waals surface area (Å²) >= 11 is 1.89. The van der Waals surface area contributed by atoms with E-state index in [0.29, 0.717) is 24.8 Å². The Morgan fingerprint density at radius 2 is 2.13 bits per heavy atom. The molecule has 1 N–H and O–H groups in total. The van der Waals surface area contributed by atoms with Crippen LogP contribution in [0.4, 0.5) is 22.2 Å². The fourth-order valence-electron chi connectivity index (χ4n) is 3.76. The Bertz CT molecular complexity index is 951. The Balaban J connectivity index is 1.66. The summed E-state index contributed by atoms with van der Waals surface area (Å²) in [5.41, 5.74) is 0.656. The van der Waals surface area contributed by atoms with E-state index in [0.717, 1.165) is 25.2 Å². The molecule has 1 saturated heterocycles. The lowest BCUT2D eigenvalue weighted by molar-refractivity contribution is 0.0519. The van der Waals surface area contributed by atoms with Crippen LogP contribution in [-0.2, 0) is 14.2 Å². The third-order valence-corrected chi connectivity index (χ3v) is 6.99. The number of morpholine rings is 1. The summed E-state index contributed by atoms with van der Waals surface area (Å²) in [4.78, 5) is 19.7. The van der Waals surface area contributed by atoms with Gasteiger partial charge in [0.15, 0.2) is 0 Å². The number of rotatable bonds is 5. The van der Waals surface area contributed by atoms with Gasteiger partial charge in [-0.3, -0.25) is 0 Å². The summed E-state index contributed by atoms with van der Waals surface area (Å²) in [6.45, 7) is 9.84. The maximum absolute atomic E-state index is 12.6. The standard InChI is InChI=1S/C22H31N5O3S/c1-15-14-29-11-10-26(15)19-13-16(22(31-5)7-8-22)12-17(25-19)24-18-6-9-23-27(18)20(28)30-21(2,3)4/h6,9,12-13,15H,7-8,10-11,14H2,1-5H3,(H,24,25). The van der Waals surface area contributed by atoms with Gasteiger partial charge < -0.3 is 19.7 Å². The van der Waals surface area contributed by atoms with Crippen molar-refractivity contribution in [2.24, 2.45) is 0 Å². The molecule has 31 heavy (non-hydrogen) atoms. The molecule has 0 radical (unpaired) electrons. The molecule has 9 heteroatoms. The van der Waals surface area contributed by atoms with E-state index in [2.05, 4.69) is 40.6 Å². The first kappa shape index (κ1) is 22.0. The van der Waals surface area contributed by atoms with Crippen molar-refractivity contribution < 1.29 is 14.3 Å². The second-order valence-corrected chi connectivity index (χ2v) is 10.3. The predicted molar refractivity (Wildman–Crippen MR) is 123 cm³/mol. The number of ether oxygens (including phenoxy) is 2. The normalized spacial score (nSPS) is 20.4. The van der Waals surface area contributed by atoms with E-state index in [4.69, 9.17) is 14.5 Å². The number of thioether (sulfide) groups is 1. The molecule has 1 aliphatic carbocycles. The number of nitrogens with zero attached hydrogens (tertiary/aromatic N) is 4. The minimum absolute atomic E-state index is 0.148. The zero-order valence-corrected chi connectivity index (χ0v) is 19.7. The van der Waals surface area contributed by atoms with Crippen molar-refractivity contribution in [3.63, 3.8) is 0 Å². The summed E-state index contributed by atoms with van der Waals surface area (Å²) < 4.78 is 12.5. The summed E-state index contributed by atoms with van der Waals surface area (Å²) in [6.07, 6.45) is 5.53. The minimum atomic E-state index is -0.602. The first-order chi connectivity index (χ1) is 14.7. The van der Waals surface area contributed by atoms with Crippen LogP contribution in [0.1, 0.15) is 46.1 Å². The second-order valence-electron chi connectivity index (χ2n) is 9.15. The number of carbonyl (C=O) groups excluding carboxylic acids is 1. The van der Waals surface area contributed by atoms with Crippen LogP contribution in [0.3, 0.4) is 0 Å². The summed E-state index contributed by atoms with van der Waals surface area (Å²) in [5, 5.41) is 7.44. The zero-order valence-electron chi connectivity index (χ0n) is 18.8. The summed E-state index contributed by atoms with van der Waals surface area (Å²) in [6, 6.07) is 6.30. The molecule has 8 nitrogen and oxygen atoms in total. The van der Waals surface area contributed by atoms with Gasteiger partial charge in [0.1, 0.15) is 23.1 Å². The molecule has 0 bridgehead atoms. The lowest BCUT2D eigenvalue weighted by Gasteiger charge is -2.35. The Labute approximate surface area is 187 Å². The molecule has 2 aromatic rings. The van der Waals surface area contributed by atoms with Gasteiger partial charge in [-0.05, 0) is 64.5 Å². The van der Waals surface area contributed by atoms with Crippen molar-refractivity contribution in [2.75, 3.05) is 36.2 Å². The van der Waals surface area contributed by atoms with Crippen molar-refractivity contribution in [2.45, 2.75) is 56.9 Å². The summed E-state index contributed by atoms with van der Waals surface area (Å²) in [7, 11) is 0. The third-order valence-electron chi connectivity index (χ3n) is 5.56. The number of hydrogen-bond donors (Lipinski definition) is 1. The molecule has 3 heterocycles. The lowest BCUT2D eigenvalue weighted by atomic mass is 10.1. The SMILES string of the molecule is CSC1(c2cc(Nc3ccnn3C(=O)OC(C)(C)C)nc(N3CCOCC3C)c2)CC1.